The van der Waals surface area contributed by atoms with Gasteiger partial charge in [0.05, 0.1) is 37.9 Å². The van der Waals surface area contributed by atoms with Crippen LogP contribution in [0.4, 0.5) is 26.3 Å². The Morgan fingerprint density at radius 2 is 1.04 bits per heavy atom. The first-order valence-corrected chi connectivity index (χ1v) is 18.7. The van der Waals surface area contributed by atoms with Crippen molar-refractivity contribution in [1.82, 2.24) is 9.62 Å². The van der Waals surface area contributed by atoms with Crippen LogP contribution in [-0.4, -0.2) is 84.8 Å². The summed E-state index contributed by atoms with van der Waals surface area (Å²) in [5.41, 5.74) is 1.57. The highest BCUT2D eigenvalue weighted by atomic mass is 35.7. The molecule has 0 atom stereocenters. The van der Waals surface area contributed by atoms with E-state index in [-0.39, 0.29) is 50.1 Å². The van der Waals surface area contributed by atoms with Crippen molar-refractivity contribution in [3.63, 3.8) is 0 Å². The lowest BCUT2D eigenvalue weighted by Gasteiger charge is -2.30. The first-order chi connectivity index (χ1) is 21.7. The van der Waals surface area contributed by atoms with Crippen LogP contribution in [0.3, 0.4) is 0 Å². The molecule has 0 amide bonds. The molecule has 2 aliphatic heterocycles. The van der Waals surface area contributed by atoms with Gasteiger partial charge in [-0.25, -0.2) is 21.1 Å². The molecule has 2 aliphatic rings. The number of ether oxygens (including phenoxy) is 4. The maximum Gasteiger partial charge on any atom is 0.573 e. The molecule has 1 N–H and O–H groups in total. The molecule has 2 heterocycles. The average molecular weight is 796 g/mol. The SMILES string of the molecule is C.CS(=O)(=O)Cl.CS(=O)(=O)N1CCC(OCc2ccc(OC(F)(F)F)cc2)CC1.Cl.FC(F)(F)Oc1ccc(COC2CCNCC2)cc1. The van der Waals surface area contributed by atoms with Crippen molar-refractivity contribution in [1.29, 1.82) is 0 Å². The van der Waals surface area contributed by atoms with Crippen molar-refractivity contribution in [2.24, 2.45) is 0 Å². The summed E-state index contributed by atoms with van der Waals surface area (Å²) in [5.74, 6) is -0.485. The Bertz CT molecular complexity index is 1410. The Balaban J connectivity index is 0.000000807. The minimum absolute atomic E-state index is 0. The van der Waals surface area contributed by atoms with Crippen LogP contribution in [0.15, 0.2) is 48.5 Å². The molecule has 49 heavy (non-hydrogen) atoms. The van der Waals surface area contributed by atoms with E-state index in [0.717, 1.165) is 43.3 Å². The van der Waals surface area contributed by atoms with Crippen LogP contribution in [0.5, 0.6) is 11.5 Å². The topological polar surface area (TPSA) is 120 Å². The molecule has 2 fully saturated rings. The molecule has 0 bridgehead atoms. The molecule has 0 aliphatic carbocycles. The smallest absolute Gasteiger partial charge is 0.406 e. The van der Waals surface area contributed by atoms with Gasteiger partial charge < -0.3 is 24.3 Å². The normalized spacial score (nSPS) is 16.4. The van der Waals surface area contributed by atoms with Crippen LogP contribution < -0.4 is 14.8 Å². The Kier molecular flexibility index (Phi) is 20.4. The first kappa shape index (κ1) is 46.9. The van der Waals surface area contributed by atoms with E-state index in [0.29, 0.717) is 32.5 Å². The number of halogens is 8. The number of rotatable bonds is 9. The van der Waals surface area contributed by atoms with Gasteiger partial charge in [0.1, 0.15) is 11.5 Å². The Morgan fingerprint density at radius 1 is 0.714 bits per heavy atom. The standard InChI is InChI=1S/C14H18F3NO4S.C13H16F3NO2.CH3ClO2S.CH4.ClH/c1-23(19,20)18-8-6-12(7-9-18)21-10-11-2-4-13(5-3-11)22-14(15,16)17;14-13(15,16)19-12-3-1-10(2-4-12)9-18-11-5-7-17-8-6-11;1-5(2,3)4;;/h2-5,12H,6-10H2,1H3;1-4,11,17H,5-9H2;1H3;1H4;1H. The summed E-state index contributed by atoms with van der Waals surface area (Å²) < 4.78 is 134. The molecule has 0 spiro atoms. The van der Waals surface area contributed by atoms with E-state index in [4.69, 9.17) is 9.47 Å². The van der Waals surface area contributed by atoms with Gasteiger partial charge >= 0.3 is 12.7 Å². The highest BCUT2D eigenvalue weighted by Crippen LogP contribution is 2.25. The van der Waals surface area contributed by atoms with Gasteiger partial charge in [0.25, 0.3) is 0 Å². The first-order valence-electron chi connectivity index (χ1n) is 14.1. The second-order valence-corrected chi connectivity index (χ2v) is 15.5. The number of benzene rings is 2. The van der Waals surface area contributed by atoms with Gasteiger partial charge in [-0.3, -0.25) is 0 Å². The average Bonchev–Trinajstić information content (AvgIpc) is 2.95. The Hall–Kier alpha value is -2.06. The number of nitrogens with one attached hydrogen (secondary N) is 1. The van der Waals surface area contributed by atoms with Crippen LogP contribution in [0.25, 0.3) is 0 Å². The van der Waals surface area contributed by atoms with E-state index in [1.807, 2.05) is 0 Å². The number of sulfonamides is 1. The van der Waals surface area contributed by atoms with Gasteiger partial charge in [0.15, 0.2) is 0 Å². The highest BCUT2D eigenvalue weighted by Gasteiger charge is 2.32. The van der Waals surface area contributed by atoms with Crippen molar-refractivity contribution in [2.45, 2.75) is 71.3 Å². The molecule has 10 nitrogen and oxygen atoms in total. The lowest BCUT2D eigenvalue weighted by atomic mass is 10.1. The lowest BCUT2D eigenvalue weighted by Crippen LogP contribution is -2.40. The van der Waals surface area contributed by atoms with E-state index >= 15 is 0 Å². The zero-order chi connectivity index (χ0) is 35.3. The van der Waals surface area contributed by atoms with Crippen LogP contribution in [0, 0.1) is 0 Å². The monoisotopic (exact) mass is 794 g/mol. The minimum Gasteiger partial charge on any atom is -0.406 e. The molecular formula is C29H42Cl2F6N2O8S2. The van der Waals surface area contributed by atoms with Crippen LogP contribution in [-0.2, 0) is 41.8 Å². The predicted molar refractivity (Wildman–Crippen MR) is 176 cm³/mol. The van der Waals surface area contributed by atoms with Crippen LogP contribution in [0.2, 0.25) is 0 Å². The number of piperidine rings is 2. The number of hydrogen-bond acceptors (Lipinski definition) is 9. The van der Waals surface area contributed by atoms with Crippen LogP contribution >= 0.6 is 23.1 Å². The molecule has 2 aromatic rings. The molecule has 0 saturated carbocycles. The van der Waals surface area contributed by atoms with Crippen molar-refractivity contribution in [3.8, 4) is 11.5 Å². The van der Waals surface area contributed by atoms with E-state index in [1.54, 1.807) is 12.1 Å². The fourth-order valence-corrected chi connectivity index (χ4v) is 5.17. The van der Waals surface area contributed by atoms with E-state index in [2.05, 4.69) is 25.5 Å². The largest absolute Gasteiger partial charge is 0.573 e. The molecule has 0 radical (unpaired) electrons. The van der Waals surface area contributed by atoms with Gasteiger partial charge in [0.2, 0.25) is 19.1 Å². The van der Waals surface area contributed by atoms with Gasteiger partial charge in [-0.1, -0.05) is 31.7 Å². The molecule has 284 valence electrons. The van der Waals surface area contributed by atoms with Gasteiger partial charge in [-0.2, -0.15) is 0 Å². The van der Waals surface area contributed by atoms with E-state index < -0.39 is 31.8 Å². The maximum atomic E-state index is 12.1. The molecule has 0 aromatic heterocycles. The van der Waals surface area contributed by atoms with Crippen molar-refractivity contribution >= 4 is 42.2 Å². The molecule has 20 heteroatoms. The summed E-state index contributed by atoms with van der Waals surface area (Å²) in [6.07, 6.45) is -3.94. The summed E-state index contributed by atoms with van der Waals surface area (Å²) in [6.45, 7) is 3.41. The summed E-state index contributed by atoms with van der Waals surface area (Å²) in [4.78, 5) is 0. The zero-order valence-corrected chi connectivity index (χ0v) is 29.1. The number of alkyl halides is 6. The van der Waals surface area contributed by atoms with Crippen molar-refractivity contribution in [3.05, 3.63) is 59.7 Å². The Labute approximate surface area is 294 Å². The second-order valence-electron chi connectivity index (χ2n) is 10.5. The predicted octanol–water partition coefficient (Wildman–Crippen LogP) is 6.62. The third-order valence-electron chi connectivity index (χ3n) is 6.44. The highest BCUT2D eigenvalue weighted by molar-refractivity contribution is 8.13. The molecule has 2 saturated heterocycles. The minimum atomic E-state index is -4.70. The number of hydrogen-bond donors (Lipinski definition) is 1. The van der Waals surface area contributed by atoms with E-state index in [1.165, 1.54) is 47.0 Å². The lowest BCUT2D eigenvalue weighted by molar-refractivity contribution is -0.275. The third kappa shape index (κ3) is 23.1. The summed E-state index contributed by atoms with van der Waals surface area (Å²) >= 11 is 0. The van der Waals surface area contributed by atoms with E-state index in [9.17, 15) is 43.2 Å². The molecule has 4 rings (SSSR count). The van der Waals surface area contributed by atoms with Gasteiger partial charge in [0, 0.05) is 23.8 Å². The quantitative estimate of drug-likeness (QED) is 0.221. The third-order valence-corrected chi connectivity index (χ3v) is 7.74. The zero-order valence-electron chi connectivity index (χ0n) is 25.9. The fourth-order valence-electron chi connectivity index (χ4n) is 4.30. The second kappa shape index (κ2) is 21.3. The maximum absolute atomic E-state index is 12.1. The summed E-state index contributed by atoms with van der Waals surface area (Å²) in [7, 11) is -1.86. The van der Waals surface area contributed by atoms with Gasteiger partial charge in [-0.15, -0.1) is 38.7 Å². The summed E-state index contributed by atoms with van der Waals surface area (Å²) in [5, 5.41) is 3.24. The van der Waals surface area contributed by atoms with Gasteiger partial charge in [-0.05, 0) is 74.2 Å². The fraction of sp³-hybridized carbons (Fsp3) is 0.586. The van der Waals surface area contributed by atoms with Crippen molar-refractivity contribution in [2.75, 3.05) is 38.7 Å². The molecule has 0 unspecified atom stereocenters. The summed E-state index contributed by atoms with van der Waals surface area (Å²) in [6, 6.07) is 11.3. The molecule has 2 aromatic carbocycles. The Morgan fingerprint density at radius 3 is 1.35 bits per heavy atom. The van der Waals surface area contributed by atoms with Crippen molar-refractivity contribution < 1.29 is 62.1 Å². The number of nitrogens with zero attached hydrogens (tertiary/aromatic N) is 1. The van der Waals surface area contributed by atoms with Crippen LogP contribution in [0.1, 0.15) is 44.2 Å². The molecular weight excluding hydrogens is 753 g/mol.